The van der Waals surface area contributed by atoms with Crippen molar-refractivity contribution in [3.8, 4) is 0 Å². The molecular weight excluding hydrogens is 246 g/mol. The topological polar surface area (TPSA) is 67.8 Å². The molecule has 1 aromatic rings. The molecule has 0 amide bonds. The zero-order chi connectivity index (χ0) is 11.9. The van der Waals surface area contributed by atoms with Crippen LogP contribution in [0.3, 0.4) is 0 Å². The minimum atomic E-state index is -3.00. The van der Waals surface area contributed by atoms with E-state index in [0.29, 0.717) is 10.7 Å². The number of sulfone groups is 1. The van der Waals surface area contributed by atoms with Gasteiger partial charge in [-0.1, -0.05) is 0 Å². The normalized spacial score (nSPS) is 18.6. The predicted molar refractivity (Wildman–Crippen MR) is 63.8 cm³/mol. The molecule has 1 aliphatic rings. The molecule has 0 radical (unpaired) electrons. The van der Waals surface area contributed by atoms with Crippen molar-refractivity contribution in [2.45, 2.75) is 31.7 Å². The fourth-order valence-electron chi connectivity index (χ4n) is 1.89. The highest BCUT2D eigenvalue weighted by Crippen LogP contribution is 2.39. The molecule has 1 fully saturated rings. The van der Waals surface area contributed by atoms with Crippen LogP contribution in [0.1, 0.15) is 37.5 Å². The molecule has 1 aliphatic carbocycles. The highest BCUT2D eigenvalue weighted by atomic mass is 32.2. The Labute approximate surface area is 99.8 Å². The van der Waals surface area contributed by atoms with Gasteiger partial charge in [-0.3, -0.25) is 5.10 Å². The number of nitrogens with one attached hydrogen (secondary N) is 1. The summed E-state index contributed by atoms with van der Waals surface area (Å²) in [4.78, 5) is 0. The molecular formula is C9H15N3O2S2. The summed E-state index contributed by atoms with van der Waals surface area (Å²) in [6.45, 7) is 1.86. The number of hydrogen-bond acceptors (Lipinski definition) is 4. The summed E-state index contributed by atoms with van der Waals surface area (Å²) in [6.07, 6.45) is 3.47. The van der Waals surface area contributed by atoms with Gasteiger partial charge in [-0.2, -0.15) is 5.10 Å². The lowest BCUT2D eigenvalue weighted by Crippen LogP contribution is -2.18. The van der Waals surface area contributed by atoms with Gasteiger partial charge >= 0.3 is 0 Å². The highest BCUT2D eigenvalue weighted by molar-refractivity contribution is 7.90. The molecule has 1 aromatic heterocycles. The zero-order valence-electron chi connectivity index (χ0n) is 9.30. The fourth-order valence-corrected chi connectivity index (χ4v) is 3.23. The summed E-state index contributed by atoms with van der Waals surface area (Å²) in [6, 6.07) is -0.156. The van der Waals surface area contributed by atoms with E-state index in [4.69, 9.17) is 12.2 Å². The molecule has 1 saturated carbocycles. The Kier molecular flexibility index (Phi) is 2.91. The van der Waals surface area contributed by atoms with Gasteiger partial charge in [0, 0.05) is 18.2 Å². The van der Waals surface area contributed by atoms with Crippen molar-refractivity contribution in [3.63, 3.8) is 0 Å². The molecule has 0 aromatic carbocycles. The minimum Gasteiger partial charge on any atom is -0.300 e. The number of H-pyrrole nitrogens is 1. The van der Waals surface area contributed by atoms with Gasteiger partial charge in [0.1, 0.15) is 15.7 Å². The van der Waals surface area contributed by atoms with Crippen molar-refractivity contribution in [1.29, 1.82) is 0 Å². The second kappa shape index (κ2) is 3.96. The summed E-state index contributed by atoms with van der Waals surface area (Å²) in [5, 5.41) is 6.93. The SMILES string of the molecule is CC(CS(C)(=O)=O)n1c(C2CC2)n[nH]c1=S. The van der Waals surface area contributed by atoms with Crippen LogP contribution in [0.15, 0.2) is 0 Å². The minimum absolute atomic E-state index is 0.0978. The van der Waals surface area contributed by atoms with Crippen LogP contribution in [-0.4, -0.2) is 35.2 Å². The quantitative estimate of drug-likeness (QED) is 0.832. The van der Waals surface area contributed by atoms with Crippen molar-refractivity contribution >= 4 is 22.1 Å². The zero-order valence-corrected chi connectivity index (χ0v) is 10.9. The highest BCUT2D eigenvalue weighted by Gasteiger charge is 2.30. The number of aromatic nitrogens is 3. The smallest absolute Gasteiger partial charge is 0.195 e. The van der Waals surface area contributed by atoms with E-state index in [1.807, 2.05) is 11.5 Å². The molecule has 0 saturated heterocycles. The Morgan fingerprint density at radius 2 is 2.25 bits per heavy atom. The van der Waals surface area contributed by atoms with Gasteiger partial charge in [0.05, 0.1) is 5.75 Å². The Bertz CT molecular complexity index is 539. The molecule has 5 nitrogen and oxygen atoms in total. The van der Waals surface area contributed by atoms with E-state index in [9.17, 15) is 8.42 Å². The van der Waals surface area contributed by atoms with Crippen LogP contribution in [0.25, 0.3) is 0 Å². The Balaban J connectivity index is 2.31. The first-order chi connectivity index (χ1) is 7.38. The van der Waals surface area contributed by atoms with Crippen LogP contribution in [0, 0.1) is 4.77 Å². The van der Waals surface area contributed by atoms with Gasteiger partial charge in [-0.05, 0) is 32.0 Å². The Hall–Kier alpha value is -0.690. The van der Waals surface area contributed by atoms with Gasteiger partial charge < -0.3 is 4.57 Å². The first-order valence-electron chi connectivity index (χ1n) is 5.23. The number of hydrogen-bond donors (Lipinski definition) is 1. The monoisotopic (exact) mass is 261 g/mol. The van der Waals surface area contributed by atoms with E-state index >= 15 is 0 Å². The molecule has 1 heterocycles. The third-order valence-corrected chi connectivity index (χ3v) is 4.03. The predicted octanol–water partition coefficient (Wildman–Crippen LogP) is 1.42. The lowest BCUT2D eigenvalue weighted by molar-refractivity contribution is 0.542. The molecule has 0 bridgehead atoms. The van der Waals surface area contributed by atoms with Crippen molar-refractivity contribution < 1.29 is 8.42 Å². The summed E-state index contributed by atoms with van der Waals surface area (Å²) >= 11 is 5.14. The van der Waals surface area contributed by atoms with E-state index < -0.39 is 9.84 Å². The molecule has 2 rings (SSSR count). The molecule has 1 N–H and O–H groups in total. The van der Waals surface area contributed by atoms with Gasteiger partial charge in [-0.15, -0.1) is 0 Å². The van der Waals surface area contributed by atoms with Gasteiger partial charge in [-0.25, -0.2) is 8.42 Å². The van der Waals surface area contributed by atoms with E-state index in [1.165, 1.54) is 6.26 Å². The number of nitrogens with zero attached hydrogens (tertiary/aromatic N) is 2. The Morgan fingerprint density at radius 3 is 2.75 bits per heavy atom. The third kappa shape index (κ3) is 2.52. The maximum Gasteiger partial charge on any atom is 0.195 e. The largest absolute Gasteiger partial charge is 0.300 e. The second-order valence-electron chi connectivity index (χ2n) is 4.47. The summed E-state index contributed by atoms with van der Waals surface area (Å²) in [5.41, 5.74) is 0. The van der Waals surface area contributed by atoms with E-state index in [-0.39, 0.29) is 11.8 Å². The Morgan fingerprint density at radius 1 is 1.62 bits per heavy atom. The average Bonchev–Trinajstić information content (AvgIpc) is 2.87. The van der Waals surface area contributed by atoms with Gasteiger partial charge in [0.2, 0.25) is 0 Å². The van der Waals surface area contributed by atoms with Crippen LogP contribution in [0.5, 0.6) is 0 Å². The average molecular weight is 261 g/mol. The van der Waals surface area contributed by atoms with Crippen LogP contribution in [0.2, 0.25) is 0 Å². The van der Waals surface area contributed by atoms with Crippen molar-refractivity contribution in [3.05, 3.63) is 10.6 Å². The molecule has 1 unspecified atom stereocenters. The molecule has 7 heteroatoms. The molecule has 16 heavy (non-hydrogen) atoms. The summed E-state index contributed by atoms with van der Waals surface area (Å²) in [5.74, 6) is 1.46. The first-order valence-corrected chi connectivity index (χ1v) is 7.70. The number of rotatable bonds is 4. The molecule has 0 aliphatic heterocycles. The second-order valence-corrected chi connectivity index (χ2v) is 7.04. The lowest BCUT2D eigenvalue weighted by Gasteiger charge is -2.14. The summed E-state index contributed by atoms with van der Waals surface area (Å²) in [7, 11) is -3.00. The van der Waals surface area contributed by atoms with Crippen LogP contribution in [-0.2, 0) is 9.84 Å². The maximum atomic E-state index is 11.3. The number of aromatic amines is 1. The third-order valence-electron chi connectivity index (χ3n) is 2.66. The maximum absolute atomic E-state index is 11.3. The van der Waals surface area contributed by atoms with Crippen molar-refractivity contribution in [2.75, 3.05) is 12.0 Å². The summed E-state index contributed by atoms with van der Waals surface area (Å²) < 4.78 is 24.9. The van der Waals surface area contributed by atoms with Gasteiger partial charge in [0.25, 0.3) is 0 Å². The fraction of sp³-hybridized carbons (Fsp3) is 0.778. The molecule has 0 spiro atoms. The van der Waals surface area contributed by atoms with Crippen molar-refractivity contribution in [2.24, 2.45) is 0 Å². The standard InChI is InChI=1S/C9H15N3O2S2/c1-6(5-16(2,13)14)12-8(7-3-4-7)10-11-9(12)15/h6-7H,3-5H2,1-2H3,(H,11,15). The van der Waals surface area contributed by atoms with Crippen LogP contribution < -0.4 is 0 Å². The van der Waals surface area contributed by atoms with E-state index in [0.717, 1.165) is 18.7 Å². The van der Waals surface area contributed by atoms with E-state index in [1.54, 1.807) is 0 Å². The van der Waals surface area contributed by atoms with Gasteiger partial charge in [0.15, 0.2) is 4.77 Å². The van der Waals surface area contributed by atoms with Crippen LogP contribution >= 0.6 is 12.2 Å². The van der Waals surface area contributed by atoms with E-state index in [2.05, 4.69) is 10.2 Å². The molecule has 90 valence electrons. The first kappa shape index (κ1) is 11.8. The lowest BCUT2D eigenvalue weighted by atomic mass is 10.3. The molecule has 1 atom stereocenters. The van der Waals surface area contributed by atoms with Crippen LogP contribution in [0.4, 0.5) is 0 Å². The van der Waals surface area contributed by atoms with Crippen molar-refractivity contribution in [1.82, 2.24) is 14.8 Å².